The Bertz CT molecular complexity index is 946. The summed E-state index contributed by atoms with van der Waals surface area (Å²) in [6.07, 6.45) is 1.86. The molecule has 1 aromatic heterocycles. The van der Waals surface area contributed by atoms with Crippen molar-refractivity contribution in [1.29, 1.82) is 0 Å². The second kappa shape index (κ2) is 4.81. The molecule has 0 atom stereocenters. The molecule has 0 unspecified atom stereocenters. The van der Waals surface area contributed by atoms with Crippen LogP contribution in [-0.2, 0) is 0 Å². The summed E-state index contributed by atoms with van der Waals surface area (Å²) in [7, 11) is 0. The number of ketones is 1. The van der Waals surface area contributed by atoms with E-state index < -0.39 is 0 Å². The van der Waals surface area contributed by atoms with Crippen LogP contribution in [0.5, 0.6) is 0 Å². The maximum absolute atomic E-state index is 12.8. The molecular formula is C19H13NO2. The second-order valence-corrected chi connectivity index (χ2v) is 5.27. The number of aliphatic imine (C=N–C) groups is 1. The number of furan rings is 1. The summed E-state index contributed by atoms with van der Waals surface area (Å²) in [5.74, 6) is 0.219. The van der Waals surface area contributed by atoms with Crippen molar-refractivity contribution in [2.75, 3.05) is 0 Å². The van der Waals surface area contributed by atoms with E-state index in [1.165, 1.54) is 0 Å². The van der Waals surface area contributed by atoms with Crippen LogP contribution in [0.1, 0.15) is 23.0 Å². The monoisotopic (exact) mass is 287 g/mol. The van der Waals surface area contributed by atoms with Crippen molar-refractivity contribution in [3.63, 3.8) is 0 Å². The Morgan fingerprint density at radius 1 is 1.00 bits per heavy atom. The van der Waals surface area contributed by atoms with Gasteiger partial charge < -0.3 is 4.42 Å². The van der Waals surface area contributed by atoms with Crippen molar-refractivity contribution in [3.05, 3.63) is 71.5 Å². The fourth-order valence-corrected chi connectivity index (χ4v) is 2.70. The molecule has 0 saturated carbocycles. The minimum absolute atomic E-state index is 0.109. The maximum atomic E-state index is 12.8. The number of Topliss-reactive ketones (excluding diaryl/α,β-unsaturated/α-hetero) is 1. The number of carbonyl (C=O) groups excluding carboxylic acids is 1. The van der Waals surface area contributed by atoms with Gasteiger partial charge in [-0.3, -0.25) is 4.79 Å². The fourth-order valence-electron chi connectivity index (χ4n) is 2.70. The number of hydrogen-bond donors (Lipinski definition) is 0. The van der Waals surface area contributed by atoms with Crippen LogP contribution in [-0.4, -0.2) is 11.5 Å². The number of rotatable bonds is 1. The molecule has 106 valence electrons. The number of hydrogen-bond acceptors (Lipinski definition) is 3. The van der Waals surface area contributed by atoms with Gasteiger partial charge in [0.25, 0.3) is 0 Å². The number of carbonyl (C=O) groups is 1. The molecule has 3 aromatic rings. The molecule has 1 aliphatic rings. The zero-order chi connectivity index (χ0) is 15.1. The molecule has 0 amide bonds. The minimum atomic E-state index is -0.109. The predicted octanol–water partition coefficient (Wildman–Crippen LogP) is 4.81. The topological polar surface area (TPSA) is 42.6 Å². The molecule has 4 rings (SSSR count). The van der Waals surface area contributed by atoms with E-state index in [-0.39, 0.29) is 5.78 Å². The minimum Gasteiger partial charge on any atom is -0.450 e. The summed E-state index contributed by atoms with van der Waals surface area (Å²) in [5, 5.41) is 0.879. The lowest BCUT2D eigenvalue weighted by Crippen LogP contribution is -2.14. The van der Waals surface area contributed by atoms with Crippen molar-refractivity contribution in [2.24, 2.45) is 4.99 Å². The van der Waals surface area contributed by atoms with Gasteiger partial charge in [0.2, 0.25) is 11.5 Å². The highest BCUT2D eigenvalue weighted by atomic mass is 16.3. The fraction of sp³-hybridized carbons (Fsp3) is 0.0526. The number of benzene rings is 2. The van der Waals surface area contributed by atoms with Gasteiger partial charge in [-0.05, 0) is 30.7 Å². The van der Waals surface area contributed by atoms with Gasteiger partial charge in [0.05, 0.1) is 0 Å². The Kier molecular flexibility index (Phi) is 2.79. The highest BCUT2D eigenvalue weighted by molar-refractivity contribution is 6.34. The molecule has 0 fully saturated rings. The first-order valence-corrected chi connectivity index (χ1v) is 7.12. The van der Waals surface area contributed by atoms with Crippen LogP contribution in [0.4, 0.5) is 5.69 Å². The average Bonchev–Trinajstić information content (AvgIpc) is 2.91. The summed E-state index contributed by atoms with van der Waals surface area (Å²) in [5.41, 5.74) is 3.60. The van der Waals surface area contributed by atoms with Crippen LogP contribution in [0, 0.1) is 0 Å². The third-order valence-corrected chi connectivity index (χ3v) is 3.80. The highest BCUT2D eigenvalue weighted by Gasteiger charge is 2.29. The molecule has 0 radical (unpaired) electrons. The third-order valence-electron chi connectivity index (χ3n) is 3.80. The molecule has 0 bridgehead atoms. The van der Waals surface area contributed by atoms with Crippen molar-refractivity contribution in [3.8, 4) is 0 Å². The number of nitrogens with zero attached hydrogens (tertiary/aromatic N) is 1. The standard InChI is InChI=1S/C19H13NO2/c1-12-15(11-13-7-3-2-4-8-13)18(21)19-17(20-12)14-9-5-6-10-16(14)22-19/h2-11H,1H3. The van der Waals surface area contributed by atoms with E-state index in [0.29, 0.717) is 28.3 Å². The van der Waals surface area contributed by atoms with Gasteiger partial charge in [0, 0.05) is 16.7 Å². The highest BCUT2D eigenvalue weighted by Crippen LogP contribution is 2.38. The zero-order valence-corrected chi connectivity index (χ0v) is 12.0. The van der Waals surface area contributed by atoms with Crippen molar-refractivity contribution >= 4 is 34.2 Å². The van der Waals surface area contributed by atoms with E-state index in [4.69, 9.17) is 4.42 Å². The van der Waals surface area contributed by atoms with Crippen molar-refractivity contribution in [1.82, 2.24) is 0 Å². The third kappa shape index (κ3) is 1.91. The van der Waals surface area contributed by atoms with Crippen LogP contribution in [0.15, 0.2) is 69.6 Å². The van der Waals surface area contributed by atoms with Gasteiger partial charge in [-0.1, -0.05) is 42.5 Å². The second-order valence-electron chi connectivity index (χ2n) is 5.27. The average molecular weight is 287 g/mol. The van der Waals surface area contributed by atoms with Gasteiger partial charge in [0.1, 0.15) is 11.3 Å². The maximum Gasteiger partial charge on any atom is 0.232 e. The van der Waals surface area contributed by atoms with Crippen LogP contribution in [0.3, 0.4) is 0 Å². The molecule has 1 aliphatic heterocycles. The lowest BCUT2D eigenvalue weighted by atomic mass is 9.98. The normalized spacial score (nSPS) is 16.0. The van der Waals surface area contributed by atoms with Gasteiger partial charge in [-0.2, -0.15) is 0 Å². The van der Waals surface area contributed by atoms with Gasteiger partial charge in [-0.25, -0.2) is 4.99 Å². The zero-order valence-electron chi connectivity index (χ0n) is 12.0. The number of fused-ring (bicyclic) bond motifs is 3. The van der Waals surface area contributed by atoms with E-state index in [2.05, 4.69) is 4.99 Å². The van der Waals surface area contributed by atoms with Crippen LogP contribution in [0.2, 0.25) is 0 Å². The van der Waals surface area contributed by atoms with Crippen LogP contribution >= 0.6 is 0 Å². The van der Waals surface area contributed by atoms with Gasteiger partial charge in [-0.15, -0.1) is 0 Å². The predicted molar refractivity (Wildman–Crippen MR) is 87.7 cm³/mol. The molecule has 3 nitrogen and oxygen atoms in total. The molecule has 0 spiro atoms. The molecule has 3 heteroatoms. The smallest absolute Gasteiger partial charge is 0.232 e. The largest absolute Gasteiger partial charge is 0.450 e. The van der Waals surface area contributed by atoms with Gasteiger partial charge in [0.15, 0.2) is 0 Å². The first-order valence-electron chi connectivity index (χ1n) is 7.12. The SMILES string of the molecule is CC1=Nc2c(oc3ccccc23)C(=O)C1=Cc1ccccc1. The van der Waals surface area contributed by atoms with Crippen LogP contribution < -0.4 is 0 Å². The number of allylic oxidation sites excluding steroid dienone is 1. The van der Waals surface area contributed by atoms with E-state index >= 15 is 0 Å². The summed E-state index contributed by atoms with van der Waals surface area (Å²) < 4.78 is 5.72. The van der Waals surface area contributed by atoms with E-state index in [0.717, 1.165) is 10.9 Å². The molecule has 2 heterocycles. The molecule has 0 aliphatic carbocycles. The van der Waals surface area contributed by atoms with Gasteiger partial charge >= 0.3 is 0 Å². The van der Waals surface area contributed by atoms with E-state index in [1.807, 2.05) is 67.6 Å². The summed E-state index contributed by atoms with van der Waals surface area (Å²) >= 11 is 0. The van der Waals surface area contributed by atoms with Crippen molar-refractivity contribution < 1.29 is 9.21 Å². The van der Waals surface area contributed by atoms with E-state index in [9.17, 15) is 4.79 Å². The van der Waals surface area contributed by atoms with Crippen LogP contribution in [0.25, 0.3) is 17.0 Å². The molecule has 0 N–H and O–H groups in total. The number of para-hydroxylation sites is 1. The Labute approximate surface area is 127 Å². The van der Waals surface area contributed by atoms with E-state index in [1.54, 1.807) is 0 Å². The molecule has 2 aromatic carbocycles. The summed E-state index contributed by atoms with van der Waals surface area (Å²) in [4.78, 5) is 17.4. The first-order chi connectivity index (χ1) is 10.7. The Balaban J connectivity index is 1.90. The summed E-state index contributed by atoms with van der Waals surface area (Å²) in [6.45, 7) is 1.86. The molecular weight excluding hydrogens is 274 g/mol. The van der Waals surface area contributed by atoms with Crippen molar-refractivity contribution in [2.45, 2.75) is 6.92 Å². The molecule has 22 heavy (non-hydrogen) atoms. The lowest BCUT2D eigenvalue weighted by Gasteiger charge is -2.11. The Morgan fingerprint density at radius 2 is 1.73 bits per heavy atom. The Morgan fingerprint density at radius 3 is 2.55 bits per heavy atom. The summed E-state index contributed by atoms with van der Waals surface area (Å²) in [6, 6.07) is 17.3. The first kappa shape index (κ1) is 12.8. The Hall–Kier alpha value is -2.94. The lowest BCUT2D eigenvalue weighted by molar-refractivity contribution is 0.101. The molecule has 0 saturated heterocycles. The quantitative estimate of drug-likeness (QED) is 0.603.